The van der Waals surface area contributed by atoms with Crippen molar-refractivity contribution in [2.24, 2.45) is 0 Å². The van der Waals surface area contributed by atoms with Gasteiger partial charge in [0.15, 0.2) is 11.0 Å². The molecule has 21 heavy (non-hydrogen) atoms. The molecule has 0 bridgehead atoms. The second kappa shape index (κ2) is 6.66. The van der Waals surface area contributed by atoms with Crippen LogP contribution in [-0.4, -0.2) is 31.6 Å². The average Bonchev–Trinajstić information content (AvgIpc) is 2.79. The number of aliphatic carboxylic acids is 1. The van der Waals surface area contributed by atoms with E-state index >= 15 is 0 Å². The van der Waals surface area contributed by atoms with E-state index in [9.17, 15) is 13.6 Å². The van der Waals surface area contributed by atoms with Crippen molar-refractivity contribution in [3.05, 3.63) is 29.8 Å². The molecule has 5 nitrogen and oxygen atoms in total. The molecule has 0 spiro atoms. The third kappa shape index (κ3) is 3.78. The van der Waals surface area contributed by atoms with Crippen molar-refractivity contribution in [1.82, 2.24) is 14.8 Å². The maximum Gasteiger partial charge on any atom is 0.313 e. The Kier molecular flexibility index (Phi) is 4.89. The zero-order chi connectivity index (χ0) is 15.4. The van der Waals surface area contributed by atoms with E-state index in [0.717, 1.165) is 24.2 Å². The summed E-state index contributed by atoms with van der Waals surface area (Å²) in [6.45, 7) is 2.46. The number of aromatic nitrogens is 3. The van der Waals surface area contributed by atoms with Gasteiger partial charge in [0.25, 0.3) is 0 Å². The minimum atomic E-state index is -0.968. The molecule has 0 unspecified atom stereocenters. The summed E-state index contributed by atoms with van der Waals surface area (Å²) in [5, 5.41) is 17.0. The van der Waals surface area contributed by atoms with Crippen molar-refractivity contribution >= 4 is 17.7 Å². The van der Waals surface area contributed by atoms with Gasteiger partial charge in [0.05, 0.1) is 5.75 Å². The van der Waals surface area contributed by atoms with Crippen LogP contribution in [-0.2, 0) is 11.3 Å². The van der Waals surface area contributed by atoms with Crippen LogP contribution in [0.1, 0.15) is 13.3 Å². The zero-order valence-corrected chi connectivity index (χ0v) is 12.0. The molecule has 1 aromatic carbocycles. The molecular formula is C13H13F2N3O2S. The summed E-state index contributed by atoms with van der Waals surface area (Å²) in [5.74, 6) is -2.20. The quantitative estimate of drug-likeness (QED) is 0.831. The number of nitrogens with zero attached hydrogens (tertiary/aromatic N) is 3. The Bertz CT molecular complexity index is 641. The van der Waals surface area contributed by atoms with Crippen LogP contribution in [0.25, 0.3) is 11.4 Å². The summed E-state index contributed by atoms with van der Waals surface area (Å²) >= 11 is 1.02. The number of rotatable bonds is 6. The molecule has 0 atom stereocenters. The van der Waals surface area contributed by atoms with Gasteiger partial charge in [-0.05, 0) is 18.6 Å². The Balaban J connectivity index is 2.40. The smallest absolute Gasteiger partial charge is 0.313 e. The van der Waals surface area contributed by atoms with E-state index in [1.165, 1.54) is 12.1 Å². The van der Waals surface area contributed by atoms with E-state index < -0.39 is 17.6 Å². The Labute approximate surface area is 124 Å². The standard InChI is InChI=1S/C13H13F2N3O2S/c1-2-3-18-12(8-4-9(14)6-10(15)5-8)16-17-13(18)21-7-11(19)20/h4-6H,2-3,7H2,1H3,(H,19,20). The Morgan fingerprint density at radius 1 is 1.29 bits per heavy atom. The van der Waals surface area contributed by atoms with Gasteiger partial charge in [0, 0.05) is 18.2 Å². The number of hydrogen-bond donors (Lipinski definition) is 1. The summed E-state index contributed by atoms with van der Waals surface area (Å²) in [6.07, 6.45) is 0.753. The highest BCUT2D eigenvalue weighted by atomic mass is 32.2. The van der Waals surface area contributed by atoms with Gasteiger partial charge in [-0.2, -0.15) is 0 Å². The fourth-order valence-corrected chi connectivity index (χ4v) is 2.53. The van der Waals surface area contributed by atoms with Gasteiger partial charge >= 0.3 is 5.97 Å². The lowest BCUT2D eigenvalue weighted by molar-refractivity contribution is -0.133. The van der Waals surface area contributed by atoms with Gasteiger partial charge in [-0.25, -0.2) is 8.78 Å². The van der Waals surface area contributed by atoms with Crippen LogP contribution in [0.4, 0.5) is 8.78 Å². The minimum Gasteiger partial charge on any atom is -0.481 e. The second-order valence-electron chi connectivity index (χ2n) is 4.30. The summed E-state index contributed by atoms with van der Waals surface area (Å²) < 4.78 is 28.3. The van der Waals surface area contributed by atoms with E-state index in [0.29, 0.717) is 17.5 Å². The van der Waals surface area contributed by atoms with Gasteiger partial charge in [-0.15, -0.1) is 10.2 Å². The molecule has 0 saturated carbocycles. The molecule has 0 amide bonds. The predicted molar refractivity (Wildman–Crippen MR) is 74.0 cm³/mol. The van der Waals surface area contributed by atoms with E-state index in [4.69, 9.17) is 5.11 Å². The number of carbonyl (C=O) groups is 1. The van der Waals surface area contributed by atoms with Crippen LogP contribution in [0.2, 0.25) is 0 Å². The van der Waals surface area contributed by atoms with Crippen molar-refractivity contribution in [3.63, 3.8) is 0 Å². The highest BCUT2D eigenvalue weighted by Gasteiger charge is 2.16. The van der Waals surface area contributed by atoms with Crippen LogP contribution >= 0.6 is 11.8 Å². The number of carboxylic acid groups (broad SMARTS) is 1. The first kappa shape index (κ1) is 15.4. The summed E-state index contributed by atoms with van der Waals surface area (Å²) in [4.78, 5) is 10.6. The zero-order valence-electron chi connectivity index (χ0n) is 11.2. The third-order valence-electron chi connectivity index (χ3n) is 2.61. The number of benzene rings is 1. The molecule has 0 saturated heterocycles. The van der Waals surface area contributed by atoms with E-state index in [-0.39, 0.29) is 11.3 Å². The SMILES string of the molecule is CCCn1c(SCC(=O)O)nnc1-c1cc(F)cc(F)c1. The van der Waals surface area contributed by atoms with Gasteiger partial charge in [0.1, 0.15) is 11.6 Å². The monoisotopic (exact) mass is 313 g/mol. The molecule has 1 heterocycles. The van der Waals surface area contributed by atoms with E-state index in [1.54, 1.807) is 4.57 Å². The summed E-state index contributed by atoms with van der Waals surface area (Å²) in [5.41, 5.74) is 0.274. The van der Waals surface area contributed by atoms with Gasteiger partial charge < -0.3 is 9.67 Å². The molecule has 112 valence electrons. The van der Waals surface area contributed by atoms with Gasteiger partial charge in [-0.1, -0.05) is 18.7 Å². The minimum absolute atomic E-state index is 0.153. The first-order valence-corrected chi connectivity index (χ1v) is 7.24. The van der Waals surface area contributed by atoms with Crippen LogP contribution in [0.5, 0.6) is 0 Å². The molecule has 0 aliphatic rings. The Morgan fingerprint density at radius 3 is 2.52 bits per heavy atom. The number of thioether (sulfide) groups is 1. The maximum absolute atomic E-state index is 13.3. The van der Waals surface area contributed by atoms with Crippen LogP contribution in [0, 0.1) is 11.6 Å². The molecular weight excluding hydrogens is 300 g/mol. The first-order chi connectivity index (χ1) is 10.0. The van der Waals surface area contributed by atoms with Crippen molar-refractivity contribution in [1.29, 1.82) is 0 Å². The summed E-state index contributed by atoms with van der Waals surface area (Å²) in [7, 11) is 0. The normalized spacial score (nSPS) is 10.8. The number of hydrogen-bond acceptors (Lipinski definition) is 4. The first-order valence-electron chi connectivity index (χ1n) is 6.25. The number of carboxylic acids is 1. The maximum atomic E-state index is 13.3. The molecule has 2 aromatic rings. The lowest BCUT2D eigenvalue weighted by Gasteiger charge is -2.08. The van der Waals surface area contributed by atoms with Crippen molar-refractivity contribution in [3.8, 4) is 11.4 Å². The fourth-order valence-electron chi connectivity index (χ4n) is 1.84. The Hall–Kier alpha value is -1.96. The second-order valence-corrected chi connectivity index (χ2v) is 5.24. The van der Waals surface area contributed by atoms with E-state index in [2.05, 4.69) is 10.2 Å². The molecule has 1 aromatic heterocycles. The topological polar surface area (TPSA) is 68.0 Å². The van der Waals surface area contributed by atoms with Crippen LogP contribution < -0.4 is 0 Å². The Morgan fingerprint density at radius 2 is 1.95 bits per heavy atom. The van der Waals surface area contributed by atoms with Crippen LogP contribution in [0.15, 0.2) is 23.4 Å². The summed E-state index contributed by atoms with van der Waals surface area (Å²) in [6, 6.07) is 3.12. The number of halogens is 2. The molecule has 2 rings (SSSR count). The van der Waals surface area contributed by atoms with Crippen molar-refractivity contribution in [2.45, 2.75) is 25.0 Å². The molecule has 0 aliphatic carbocycles. The molecule has 1 N–H and O–H groups in total. The van der Waals surface area contributed by atoms with Crippen LogP contribution in [0.3, 0.4) is 0 Å². The predicted octanol–water partition coefficient (Wildman–Crippen LogP) is 2.81. The van der Waals surface area contributed by atoms with Gasteiger partial charge in [-0.3, -0.25) is 4.79 Å². The lowest BCUT2D eigenvalue weighted by atomic mass is 10.2. The lowest BCUT2D eigenvalue weighted by Crippen LogP contribution is -2.04. The fraction of sp³-hybridized carbons (Fsp3) is 0.308. The highest BCUT2D eigenvalue weighted by Crippen LogP contribution is 2.25. The molecule has 8 heteroatoms. The van der Waals surface area contributed by atoms with Gasteiger partial charge in [0.2, 0.25) is 0 Å². The average molecular weight is 313 g/mol. The van der Waals surface area contributed by atoms with Crippen molar-refractivity contribution < 1.29 is 18.7 Å². The van der Waals surface area contributed by atoms with Crippen molar-refractivity contribution in [2.75, 3.05) is 5.75 Å². The molecule has 0 radical (unpaired) electrons. The molecule has 0 aliphatic heterocycles. The largest absolute Gasteiger partial charge is 0.481 e. The van der Waals surface area contributed by atoms with E-state index in [1.807, 2.05) is 6.92 Å². The molecule has 0 fully saturated rings. The highest BCUT2D eigenvalue weighted by molar-refractivity contribution is 7.99. The third-order valence-corrected chi connectivity index (χ3v) is 3.56.